The molecule has 0 atom stereocenters. The first-order valence-electron chi connectivity index (χ1n) is 11.6. The highest BCUT2D eigenvalue weighted by Gasteiger charge is 2.31. The van der Waals surface area contributed by atoms with Gasteiger partial charge in [0, 0.05) is 30.1 Å². The third-order valence-electron chi connectivity index (χ3n) is 6.08. The van der Waals surface area contributed by atoms with Gasteiger partial charge >= 0.3 is 0 Å². The zero-order valence-corrected chi connectivity index (χ0v) is 21.2. The van der Waals surface area contributed by atoms with Crippen molar-refractivity contribution in [2.24, 2.45) is 0 Å². The number of ether oxygens (including phenoxy) is 1. The van der Waals surface area contributed by atoms with Gasteiger partial charge in [-0.1, -0.05) is 24.3 Å². The van der Waals surface area contributed by atoms with Crippen LogP contribution in [0.4, 0.5) is 17.1 Å². The Balaban J connectivity index is 0.000000556. The summed E-state index contributed by atoms with van der Waals surface area (Å²) in [6, 6.07) is 30.3. The molecule has 1 N–H and O–H groups in total. The second-order valence-electron chi connectivity index (χ2n) is 8.23. The molecule has 1 aliphatic rings. The summed E-state index contributed by atoms with van der Waals surface area (Å²) in [5, 5.41) is 2.66. The van der Waals surface area contributed by atoms with E-state index < -0.39 is 10.4 Å². The van der Waals surface area contributed by atoms with E-state index in [4.69, 9.17) is 22.3 Å². The summed E-state index contributed by atoms with van der Waals surface area (Å²) in [4.78, 5) is 2.20. The second-order valence-corrected chi connectivity index (χ2v) is 9.09. The molecule has 4 aromatic carbocycles. The van der Waals surface area contributed by atoms with E-state index in [2.05, 4.69) is 96.2 Å². The molecule has 0 bridgehead atoms. The first-order chi connectivity index (χ1) is 17.2. The first-order valence-corrected chi connectivity index (χ1v) is 13.0. The molecule has 0 spiro atoms. The van der Waals surface area contributed by atoms with E-state index in [-0.39, 0.29) is 0 Å². The quantitative estimate of drug-likeness (QED) is 0.211. The molecule has 4 aromatic rings. The van der Waals surface area contributed by atoms with Crippen LogP contribution in [0.25, 0.3) is 10.8 Å². The third-order valence-corrected chi connectivity index (χ3v) is 6.08. The van der Waals surface area contributed by atoms with E-state index >= 15 is 0 Å². The van der Waals surface area contributed by atoms with Crippen molar-refractivity contribution < 1.29 is 26.8 Å². The Bertz CT molecular complexity index is 1500. The van der Waals surface area contributed by atoms with Crippen LogP contribution in [0, 0.1) is 0 Å². The lowest BCUT2D eigenvalue weighted by atomic mass is 9.98. The summed E-state index contributed by atoms with van der Waals surface area (Å²) in [6.45, 7) is 5.85. The van der Waals surface area contributed by atoms with Crippen molar-refractivity contribution in [1.29, 1.82) is 0 Å². The third kappa shape index (κ3) is 5.41. The fourth-order valence-electron chi connectivity index (χ4n) is 4.57. The van der Waals surface area contributed by atoms with Gasteiger partial charge in [0.2, 0.25) is 21.8 Å². The fraction of sp³-hybridized carbons (Fsp3) is 0.179. The van der Waals surface area contributed by atoms with Gasteiger partial charge in [-0.05, 0) is 73.8 Å². The maximum Gasteiger partial charge on any atom is 0.221 e. The number of hydrogen-bond acceptors (Lipinski definition) is 5. The summed E-state index contributed by atoms with van der Waals surface area (Å²) in [6.07, 6.45) is 0. The molecule has 0 radical (unpaired) electrons. The maximum absolute atomic E-state index is 8.63. The van der Waals surface area contributed by atoms with Crippen molar-refractivity contribution in [1.82, 2.24) is 0 Å². The van der Waals surface area contributed by atoms with Gasteiger partial charge in [-0.3, -0.25) is 4.55 Å². The Hall–Kier alpha value is -3.72. The van der Waals surface area contributed by atoms with E-state index in [1.165, 1.54) is 33.3 Å². The zero-order chi connectivity index (χ0) is 25.9. The molecular formula is C28H28N2O5S. The van der Waals surface area contributed by atoms with Crippen molar-refractivity contribution in [3.05, 3.63) is 96.1 Å². The van der Waals surface area contributed by atoms with Crippen molar-refractivity contribution >= 4 is 43.9 Å². The Morgan fingerprint density at radius 2 is 1.44 bits per heavy atom. The van der Waals surface area contributed by atoms with E-state index in [0.29, 0.717) is 6.61 Å². The largest absolute Gasteiger partial charge is 0.726 e. The van der Waals surface area contributed by atoms with Crippen molar-refractivity contribution in [3.8, 4) is 5.75 Å². The highest BCUT2D eigenvalue weighted by molar-refractivity contribution is 7.79. The average molecular weight is 505 g/mol. The van der Waals surface area contributed by atoms with E-state index in [1.54, 1.807) is 0 Å². The predicted molar refractivity (Wildman–Crippen MR) is 142 cm³/mol. The van der Waals surface area contributed by atoms with Crippen LogP contribution in [0.3, 0.4) is 0 Å². The van der Waals surface area contributed by atoms with Crippen molar-refractivity contribution in [3.63, 3.8) is 0 Å². The minimum atomic E-state index is -4.92. The lowest BCUT2D eigenvalue weighted by Gasteiger charge is -2.20. The fourth-order valence-corrected chi connectivity index (χ4v) is 4.57. The lowest BCUT2D eigenvalue weighted by molar-refractivity contribution is -0.431. The smallest absolute Gasteiger partial charge is 0.221 e. The molecule has 0 aliphatic carbocycles. The van der Waals surface area contributed by atoms with E-state index in [0.717, 1.165) is 23.7 Å². The van der Waals surface area contributed by atoms with Gasteiger partial charge in [-0.2, -0.15) is 4.58 Å². The standard InChI is InChI=1S/C28H27N2O.H2O4S/c1-4-30-26-11-7-9-20-8-6-10-25(27(20)26)28(30)21-12-14-22(15-13-21)29(3)23-16-18-24(19-17-23)31-5-2;1-5(2,3)4/h6-19H,4-5H2,1-3H3;(H2,1,2,3,4)/q+1;/p-1. The van der Waals surface area contributed by atoms with E-state index in [1.807, 2.05) is 19.1 Å². The molecule has 0 aromatic heterocycles. The van der Waals surface area contributed by atoms with Crippen molar-refractivity contribution in [2.45, 2.75) is 13.8 Å². The van der Waals surface area contributed by atoms with Crippen LogP contribution in [0.15, 0.2) is 84.9 Å². The minimum absolute atomic E-state index is 0.682. The molecule has 0 amide bonds. The molecular weight excluding hydrogens is 476 g/mol. The van der Waals surface area contributed by atoms with Crippen LogP contribution in [-0.4, -0.2) is 48.0 Å². The summed E-state index contributed by atoms with van der Waals surface area (Å²) < 4.78 is 40.8. The normalized spacial score (nSPS) is 12.4. The second kappa shape index (κ2) is 10.5. The molecule has 0 fully saturated rings. The maximum atomic E-state index is 8.63. The Morgan fingerprint density at radius 1 is 0.889 bits per heavy atom. The first kappa shape index (κ1) is 25.4. The summed E-state index contributed by atoms with van der Waals surface area (Å²) in [7, 11) is -2.82. The van der Waals surface area contributed by atoms with Crippen LogP contribution in [-0.2, 0) is 10.4 Å². The summed E-state index contributed by atoms with van der Waals surface area (Å²) in [5.41, 5.74) is 7.46. The van der Waals surface area contributed by atoms with Crippen LogP contribution >= 0.6 is 0 Å². The molecule has 0 saturated carbocycles. The number of benzene rings is 4. The minimum Gasteiger partial charge on any atom is -0.726 e. The van der Waals surface area contributed by atoms with Gasteiger partial charge in [-0.15, -0.1) is 0 Å². The van der Waals surface area contributed by atoms with Crippen molar-refractivity contribution in [2.75, 3.05) is 25.1 Å². The molecule has 7 nitrogen and oxygen atoms in total. The number of anilines is 2. The Morgan fingerprint density at radius 3 is 2.00 bits per heavy atom. The summed E-state index contributed by atoms with van der Waals surface area (Å²) in [5.74, 6) is 0.904. The summed E-state index contributed by atoms with van der Waals surface area (Å²) >= 11 is 0. The van der Waals surface area contributed by atoms with Crippen LogP contribution < -0.4 is 9.64 Å². The van der Waals surface area contributed by atoms with Gasteiger partial charge in [-0.25, -0.2) is 8.42 Å². The Labute approximate surface area is 211 Å². The van der Waals surface area contributed by atoms with Gasteiger partial charge in [0.25, 0.3) is 0 Å². The molecule has 186 valence electrons. The highest BCUT2D eigenvalue weighted by atomic mass is 32.3. The van der Waals surface area contributed by atoms with Crippen LogP contribution in [0.1, 0.15) is 25.0 Å². The van der Waals surface area contributed by atoms with Gasteiger partial charge in [0.15, 0.2) is 0 Å². The van der Waals surface area contributed by atoms with Crippen LogP contribution in [0.5, 0.6) is 5.75 Å². The van der Waals surface area contributed by atoms with Crippen LogP contribution in [0.2, 0.25) is 0 Å². The zero-order valence-electron chi connectivity index (χ0n) is 20.4. The van der Waals surface area contributed by atoms with Gasteiger partial charge < -0.3 is 14.2 Å². The highest BCUT2D eigenvalue weighted by Crippen LogP contribution is 2.37. The number of nitrogens with zero attached hydrogens (tertiary/aromatic N) is 2. The SMILES string of the molecule is CCOc1ccc(N(C)c2ccc(C3=[N+](CC)c4cccc5cccc3c45)cc2)cc1.O=S(=O)([O-])O. The molecule has 0 saturated heterocycles. The lowest BCUT2D eigenvalue weighted by Crippen LogP contribution is -2.15. The average Bonchev–Trinajstić information content (AvgIpc) is 3.19. The molecule has 1 aliphatic heterocycles. The molecule has 1 heterocycles. The molecule has 36 heavy (non-hydrogen) atoms. The predicted octanol–water partition coefficient (Wildman–Crippen LogP) is 5.53. The number of hydrogen-bond donors (Lipinski definition) is 1. The van der Waals surface area contributed by atoms with Gasteiger partial charge in [0.1, 0.15) is 12.3 Å². The molecule has 5 rings (SSSR count). The van der Waals surface area contributed by atoms with E-state index in [9.17, 15) is 0 Å². The monoisotopic (exact) mass is 504 g/mol. The number of rotatable bonds is 6. The molecule has 0 unspecified atom stereocenters. The molecule has 8 heteroatoms. The van der Waals surface area contributed by atoms with Gasteiger partial charge in [0.05, 0.1) is 17.6 Å². The Kier molecular flexibility index (Phi) is 7.40. The topological polar surface area (TPSA) is 92.9 Å².